The summed E-state index contributed by atoms with van der Waals surface area (Å²) in [4.78, 5) is 32.8. The van der Waals surface area contributed by atoms with Gasteiger partial charge in [0.2, 0.25) is 5.88 Å². The fraction of sp³-hybridized carbons (Fsp3) is 0.423. The first-order valence-electron chi connectivity index (χ1n) is 12.9. The van der Waals surface area contributed by atoms with Crippen LogP contribution in [-0.2, 0) is 17.8 Å². The van der Waals surface area contributed by atoms with Crippen LogP contribution >= 0.6 is 0 Å². The van der Waals surface area contributed by atoms with Crippen LogP contribution in [0, 0.1) is 0 Å². The largest absolute Gasteiger partial charge is 0.463 e. The molecule has 12 nitrogen and oxygen atoms in total. The van der Waals surface area contributed by atoms with Crippen LogP contribution in [0.15, 0.2) is 41.5 Å². The molecule has 0 spiro atoms. The minimum atomic E-state index is -0.343. The van der Waals surface area contributed by atoms with Crippen molar-refractivity contribution in [3.05, 3.63) is 58.4 Å². The van der Waals surface area contributed by atoms with E-state index in [0.29, 0.717) is 42.0 Å². The molecule has 4 aromatic rings. The summed E-state index contributed by atoms with van der Waals surface area (Å²) in [6.07, 6.45) is 7.24. The lowest BCUT2D eigenvalue weighted by Crippen LogP contribution is -2.34. The highest BCUT2D eigenvalue weighted by Crippen LogP contribution is 2.21. The van der Waals surface area contributed by atoms with Crippen molar-refractivity contribution in [3.8, 4) is 17.6 Å². The molecule has 12 heteroatoms. The minimum Gasteiger partial charge on any atom is -0.463 e. The maximum Gasteiger partial charge on any atom is 0.328 e. The average molecular weight is 521 g/mol. The smallest absolute Gasteiger partial charge is 0.328 e. The maximum atomic E-state index is 12.6. The number of anilines is 1. The number of imidazole rings is 1. The summed E-state index contributed by atoms with van der Waals surface area (Å²) in [5, 5.41) is 3.52. The fourth-order valence-corrected chi connectivity index (χ4v) is 4.14. The number of nitrogens with zero attached hydrogens (tertiary/aromatic N) is 5. The second-order valence-corrected chi connectivity index (χ2v) is 9.17. The van der Waals surface area contributed by atoms with Crippen LogP contribution in [0.3, 0.4) is 0 Å². The highest BCUT2D eigenvalue weighted by atomic mass is 16.5. The van der Waals surface area contributed by atoms with Crippen molar-refractivity contribution in [3.63, 3.8) is 0 Å². The van der Waals surface area contributed by atoms with Gasteiger partial charge in [-0.1, -0.05) is 19.4 Å². The first kappa shape index (κ1) is 25.6. The van der Waals surface area contributed by atoms with Crippen molar-refractivity contribution in [2.24, 2.45) is 0 Å². The number of rotatable bonds is 11. The van der Waals surface area contributed by atoms with Gasteiger partial charge in [0.15, 0.2) is 11.5 Å². The number of unbranched alkanes of at least 4 members (excludes halogenated alkanes) is 1. The molecule has 1 saturated heterocycles. The Kier molecular flexibility index (Phi) is 8.09. The molecule has 4 aromatic heterocycles. The number of nitrogens with two attached hydrogens (primary N) is 1. The minimum absolute atomic E-state index is 0.150. The Bertz CT molecular complexity index is 1400. The third kappa shape index (κ3) is 6.26. The predicted octanol–water partition coefficient (Wildman–Crippen LogP) is 2.78. The second kappa shape index (κ2) is 12.0. The van der Waals surface area contributed by atoms with Crippen molar-refractivity contribution in [1.29, 1.82) is 0 Å². The van der Waals surface area contributed by atoms with E-state index >= 15 is 0 Å². The van der Waals surface area contributed by atoms with Crippen LogP contribution in [-0.4, -0.2) is 55.3 Å². The quantitative estimate of drug-likeness (QED) is 0.251. The van der Waals surface area contributed by atoms with Gasteiger partial charge in [0.25, 0.3) is 0 Å². The normalized spacial score (nSPS) is 14.1. The van der Waals surface area contributed by atoms with Gasteiger partial charge in [-0.05, 0) is 37.0 Å². The molecule has 1 aliphatic heterocycles. The second-order valence-electron chi connectivity index (χ2n) is 9.17. The van der Waals surface area contributed by atoms with Gasteiger partial charge in [-0.25, -0.2) is 9.78 Å². The van der Waals surface area contributed by atoms with Crippen LogP contribution in [0.4, 0.5) is 5.82 Å². The highest BCUT2D eigenvalue weighted by molar-refractivity contribution is 5.81. The van der Waals surface area contributed by atoms with Gasteiger partial charge in [0.05, 0.1) is 25.0 Å². The molecule has 0 aromatic carbocycles. The van der Waals surface area contributed by atoms with Crippen molar-refractivity contribution in [2.75, 3.05) is 25.6 Å². The molecule has 38 heavy (non-hydrogen) atoms. The third-order valence-electron chi connectivity index (χ3n) is 6.31. The lowest BCUT2D eigenvalue weighted by atomic mass is 10.1. The average Bonchev–Trinajstić information content (AvgIpc) is 3.25. The molecule has 5 heterocycles. The first-order valence-corrected chi connectivity index (χ1v) is 12.9. The molecule has 1 aliphatic rings. The lowest BCUT2D eigenvalue weighted by Gasteiger charge is -2.23. The van der Waals surface area contributed by atoms with Gasteiger partial charge in [-0.3, -0.25) is 9.55 Å². The van der Waals surface area contributed by atoms with Crippen LogP contribution in [0.5, 0.6) is 17.6 Å². The molecule has 0 atom stereocenters. The summed E-state index contributed by atoms with van der Waals surface area (Å²) in [6.45, 7) is 5.10. The zero-order valence-corrected chi connectivity index (χ0v) is 21.4. The Balaban J connectivity index is 1.21. The number of fused-ring (bicyclic) bond motifs is 1. The van der Waals surface area contributed by atoms with E-state index in [1.807, 2.05) is 18.2 Å². The number of hydrogen-bond donors (Lipinski definition) is 3. The topological polar surface area (TPSA) is 155 Å². The number of H-pyrrole nitrogens is 1. The molecule has 0 bridgehead atoms. The van der Waals surface area contributed by atoms with Crippen LogP contribution < -0.4 is 26.2 Å². The number of aromatic amines is 1. The molecular formula is C26H32N8O4. The van der Waals surface area contributed by atoms with Crippen LogP contribution in [0.25, 0.3) is 11.2 Å². The molecule has 200 valence electrons. The van der Waals surface area contributed by atoms with Crippen LogP contribution in [0.1, 0.15) is 43.9 Å². The number of nitrogen functional groups attached to an aromatic ring is 1. The summed E-state index contributed by atoms with van der Waals surface area (Å²) in [7, 11) is 0. The molecule has 0 saturated carbocycles. The molecule has 5 rings (SSSR count). The van der Waals surface area contributed by atoms with E-state index < -0.39 is 0 Å². The summed E-state index contributed by atoms with van der Waals surface area (Å²) in [5.74, 6) is 1.18. The molecule has 0 radical (unpaired) electrons. The van der Waals surface area contributed by atoms with E-state index in [2.05, 4.69) is 37.2 Å². The van der Waals surface area contributed by atoms with Crippen molar-refractivity contribution >= 4 is 17.0 Å². The van der Waals surface area contributed by atoms with E-state index in [1.54, 1.807) is 18.5 Å². The monoisotopic (exact) mass is 520 g/mol. The number of hydrogen-bond acceptors (Lipinski definition) is 10. The molecule has 0 unspecified atom stereocenters. The Hall–Kier alpha value is -4.03. The highest BCUT2D eigenvalue weighted by Gasteiger charge is 2.16. The van der Waals surface area contributed by atoms with Gasteiger partial charge >= 0.3 is 11.7 Å². The number of pyridine rings is 2. The van der Waals surface area contributed by atoms with E-state index in [0.717, 1.165) is 50.2 Å². The summed E-state index contributed by atoms with van der Waals surface area (Å²) < 4.78 is 18.3. The van der Waals surface area contributed by atoms with E-state index in [9.17, 15) is 4.79 Å². The van der Waals surface area contributed by atoms with Gasteiger partial charge in [0.1, 0.15) is 11.3 Å². The van der Waals surface area contributed by atoms with Gasteiger partial charge in [-0.2, -0.15) is 9.97 Å². The standard InChI is InChI=1S/C26H32N8O4/c1-2-3-10-37-25-32-23(27)22-24(33-25)34(26(35)31-22)16-17-4-7-21(30-13-17)38-20-6-5-19(29-15-20)14-28-18-8-11-36-12-9-18/h4-7,13,15,18,28H,2-3,8-12,14,16H2,1H3,(H,31,35)(H2,27,32,33). The Morgan fingerprint density at radius 2 is 2.03 bits per heavy atom. The zero-order valence-electron chi connectivity index (χ0n) is 21.4. The number of aromatic nitrogens is 6. The van der Waals surface area contributed by atoms with Crippen molar-refractivity contribution in [2.45, 2.75) is 51.7 Å². The Morgan fingerprint density at radius 1 is 1.16 bits per heavy atom. The van der Waals surface area contributed by atoms with E-state index in [4.69, 9.17) is 19.9 Å². The third-order valence-corrected chi connectivity index (χ3v) is 6.31. The Morgan fingerprint density at radius 3 is 2.76 bits per heavy atom. The molecule has 0 aliphatic carbocycles. The zero-order chi connectivity index (χ0) is 26.3. The SMILES string of the molecule is CCCCOc1nc(N)c2[nH]c(=O)n(Cc3ccc(Oc4ccc(CNC5CCOCC5)nc4)nc3)c2n1. The van der Waals surface area contributed by atoms with Crippen molar-refractivity contribution in [1.82, 2.24) is 34.8 Å². The summed E-state index contributed by atoms with van der Waals surface area (Å²) in [6, 6.07) is 8.02. The maximum absolute atomic E-state index is 12.6. The molecular weight excluding hydrogens is 488 g/mol. The van der Waals surface area contributed by atoms with Crippen molar-refractivity contribution < 1.29 is 14.2 Å². The van der Waals surface area contributed by atoms with Gasteiger partial charge < -0.3 is 30.2 Å². The van der Waals surface area contributed by atoms with Crippen LogP contribution in [0.2, 0.25) is 0 Å². The summed E-state index contributed by atoms with van der Waals surface area (Å²) in [5.41, 5.74) is 8.19. The van der Waals surface area contributed by atoms with E-state index in [1.165, 1.54) is 4.57 Å². The summed E-state index contributed by atoms with van der Waals surface area (Å²) >= 11 is 0. The molecule has 4 N–H and O–H groups in total. The first-order chi connectivity index (χ1) is 18.6. The molecule has 0 amide bonds. The predicted molar refractivity (Wildman–Crippen MR) is 141 cm³/mol. The van der Waals surface area contributed by atoms with E-state index in [-0.39, 0.29) is 24.1 Å². The number of ether oxygens (including phenoxy) is 3. The van der Waals surface area contributed by atoms with Gasteiger partial charge in [-0.15, -0.1) is 0 Å². The lowest BCUT2D eigenvalue weighted by molar-refractivity contribution is 0.0775. The number of nitrogens with one attached hydrogen (secondary N) is 2. The van der Waals surface area contributed by atoms with Gasteiger partial charge in [0, 0.05) is 38.1 Å². The molecule has 1 fully saturated rings. The fourth-order valence-electron chi connectivity index (χ4n) is 4.14. The Labute approximate surface area is 219 Å².